The lowest BCUT2D eigenvalue weighted by Crippen LogP contribution is -2.57. The Morgan fingerprint density at radius 3 is 2.08 bits per heavy atom. The number of ether oxygens (including phenoxy) is 1. The van der Waals surface area contributed by atoms with E-state index in [1.54, 1.807) is 30.3 Å². The molecule has 1 atom stereocenters. The van der Waals surface area contributed by atoms with Crippen molar-refractivity contribution in [3.05, 3.63) is 82.7 Å². The predicted molar refractivity (Wildman–Crippen MR) is 187 cm³/mol. The summed E-state index contributed by atoms with van der Waals surface area (Å²) >= 11 is 7.34. The molecule has 6 rings (SSSR count). The number of alkyl halides is 5. The van der Waals surface area contributed by atoms with Gasteiger partial charge in [-0.1, -0.05) is 48.0 Å². The van der Waals surface area contributed by atoms with Crippen LogP contribution in [0.3, 0.4) is 0 Å². The number of thiophene rings is 1. The monoisotopic (exact) mass is 787 g/mol. The van der Waals surface area contributed by atoms with E-state index in [4.69, 9.17) is 32.0 Å². The topological polar surface area (TPSA) is 139 Å². The number of aliphatic carboxylic acids is 1. The molecule has 3 aromatic carbocycles. The van der Waals surface area contributed by atoms with E-state index in [-0.39, 0.29) is 30.1 Å². The van der Waals surface area contributed by atoms with Crippen molar-refractivity contribution in [3.8, 4) is 16.2 Å². The Labute approximate surface area is 305 Å². The molecule has 0 bridgehead atoms. The van der Waals surface area contributed by atoms with E-state index in [0.29, 0.717) is 33.9 Å². The molecule has 1 saturated heterocycles. The number of fused-ring (bicyclic) bond motifs is 1. The fourth-order valence-corrected chi connectivity index (χ4v) is 8.21. The number of hydrogen-bond donors (Lipinski definition) is 3. The summed E-state index contributed by atoms with van der Waals surface area (Å²) in [6.07, 6.45) is 0.236. The maximum atomic E-state index is 16.3. The first-order valence-corrected chi connectivity index (χ1v) is 18.9. The van der Waals surface area contributed by atoms with E-state index in [1.807, 2.05) is 6.07 Å². The number of carbonyl (C=O) groups is 2. The maximum absolute atomic E-state index is 16.3. The molecule has 0 spiro atoms. The third-order valence-corrected chi connectivity index (χ3v) is 11.5. The van der Waals surface area contributed by atoms with Gasteiger partial charge in [-0.3, -0.25) is 4.79 Å². The summed E-state index contributed by atoms with van der Waals surface area (Å²) in [4.78, 5) is 24.4. The summed E-state index contributed by atoms with van der Waals surface area (Å²) in [5.74, 6) is -6.94. The first-order valence-electron chi connectivity index (χ1n) is 16.3. The molecular formula is C35H35ClF5N3O6S2. The zero-order chi connectivity index (χ0) is 37.8. The van der Waals surface area contributed by atoms with Crippen LogP contribution in [-0.4, -0.2) is 67.8 Å². The number of nitrogens with one attached hydrogen (secondary N) is 1. The Hall–Kier alpha value is -3.83. The minimum atomic E-state index is -5.08. The molecule has 1 unspecified atom stereocenters. The fourth-order valence-electron chi connectivity index (χ4n) is 5.94. The highest BCUT2D eigenvalue weighted by molar-refractivity contribution is 7.89. The van der Waals surface area contributed by atoms with Crippen LogP contribution in [0.1, 0.15) is 44.1 Å². The first-order chi connectivity index (χ1) is 24.4. The molecule has 280 valence electrons. The Kier molecular flexibility index (Phi) is 12.1. The summed E-state index contributed by atoms with van der Waals surface area (Å²) in [6, 6.07) is 16.2. The van der Waals surface area contributed by atoms with Gasteiger partial charge < -0.3 is 20.5 Å². The molecule has 1 aromatic heterocycles. The molecule has 2 aliphatic rings. The molecule has 9 nitrogen and oxygen atoms in total. The van der Waals surface area contributed by atoms with Crippen molar-refractivity contribution in [2.45, 2.75) is 73.7 Å². The van der Waals surface area contributed by atoms with E-state index in [0.717, 1.165) is 35.9 Å². The lowest BCUT2D eigenvalue weighted by atomic mass is 9.97. The second-order valence-electron chi connectivity index (χ2n) is 12.5. The summed E-state index contributed by atoms with van der Waals surface area (Å²) in [5.41, 5.74) is 6.16. The lowest BCUT2D eigenvalue weighted by molar-refractivity contribution is -0.192. The number of halogens is 6. The lowest BCUT2D eigenvalue weighted by Gasteiger charge is -2.35. The van der Waals surface area contributed by atoms with Crippen LogP contribution < -0.4 is 15.2 Å². The molecule has 52 heavy (non-hydrogen) atoms. The number of carbonyl (C=O) groups excluding carboxylic acids is 1. The van der Waals surface area contributed by atoms with Crippen LogP contribution in [0.2, 0.25) is 4.34 Å². The third-order valence-electron chi connectivity index (χ3n) is 8.80. The summed E-state index contributed by atoms with van der Waals surface area (Å²) < 4.78 is 100. The minimum Gasteiger partial charge on any atom is -0.490 e. The largest absolute Gasteiger partial charge is 0.490 e. The van der Waals surface area contributed by atoms with E-state index in [2.05, 4.69) is 4.72 Å². The van der Waals surface area contributed by atoms with Gasteiger partial charge in [0.1, 0.15) is 5.75 Å². The molecule has 4 N–H and O–H groups in total. The van der Waals surface area contributed by atoms with E-state index in [1.165, 1.54) is 52.6 Å². The third kappa shape index (κ3) is 9.58. The van der Waals surface area contributed by atoms with Gasteiger partial charge >= 0.3 is 12.1 Å². The van der Waals surface area contributed by atoms with Crippen LogP contribution in [0.4, 0.5) is 22.0 Å². The van der Waals surface area contributed by atoms with Crippen molar-refractivity contribution >= 4 is 55.6 Å². The highest BCUT2D eigenvalue weighted by Crippen LogP contribution is 2.37. The molecule has 1 aliphatic carbocycles. The molecule has 1 saturated carbocycles. The average Bonchev–Trinajstić information content (AvgIpc) is 3.78. The van der Waals surface area contributed by atoms with Gasteiger partial charge in [0.25, 0.3) is 5.92 Å². The number of nitrogens with two attached hydrogens (primary N) is 1. The zero-order valence-corrected chi connectivity index (χ0v) is 29.8. The number of benzene rings is 3. The van der Waals surface area contributed by atoms with Gasteiger partial charge in [0.15, 0.2) is 6.04 Å². The van der Waals surface area contributed by atoms with Gasteiger partial charge in [0.05, 0.1) is 15.3 Å². The van der Waals surface area contributed by atoms with E-state index < -0.39 is 45.6 Å². The van der Waals surface area contributed by atoms with Gasteiger partial charge in [-0.2, -0.15) is 26.7 Å². The Morgan fingerprint density at radius 2 is 1.50 bits per heavy atom. The SMILES string of the molecule is NC1CCN(C(=O)C(NS(=O)(=O)c2ccc3cc(OC4CCCC4)ccc3c2)C(F)(F)c2ccc(-c3ccc(Cl)s3)cc2)CC1.O=C(O)C(F)(F)F. The van der Waals surface area contributed by atoms with E-state index in [9.17, 15) is 26.4 Å². The predicted octanol–water partition coefficient (Wildman–Crippen LogP) is 7.57. The average molecular weight is 788 g/mol. The first kappa shape index (κ1) is 39.4. The van der Waals surface area contributed by atoms with Crippen molar-refractivity contribution in [2.24, 2.45) is 5.73 Å². The van der Waals surface area contributed by atoms with Crippen molar-refractivity contribution in [3.63, 3.8) is 0 Å². The molecule has 1 aliphatic heterocycles. The molecule has 1 amide bonds. The Balaban J connectivity index is 0.000000679. The van der Waals surface area contributed by atoms with Crippen LogP contribution in [0.15, 0.2) is 77.7 Å². The van der Waals surface area contributed by atoms with Gasteiger partial charge in [-0.05, 0) is 91.3 Å². The summed E-state index contributed by atoms with van der Waals surface area (Å²) in [6.45, 7) is 0.321. The van der Waals surface area contributed by atoms with Gasteiger partial charge in [0, 0.05) is 29.6 Å². The van der Waals surface area contributed by atoms with Crippen molar-refractivity contribution in [1.82, 2.24) is 9.62 Å². The van der Waals surface area contributed by atoms with Gasteiger partial charge in [-0.25, -0.2) is 13.2 Å². The van der Waals surface area contributed by atoms with Gasteiger partial charge in [-0.15, -0.1) is 11.3 Å². The number of nitrogens with zero attached hydrogens (tertiary/aromatic N) is 1. The van der Waals surface area contributed by atoms with Crippen LogP contribution in [0.5, 0.6) is 5.75 Å². The number of carboxylic acid groups (broad SMARTS) is 1. The van der Waals surface area contributed by atoms with Crippen LogP contribution >= 0.6 is 22.9 Å². The van der Waals surface area contributed by atoms with Crippen molar-refractivity contribution < 1.29 is 49.8 Å². The molecule has 17 heteroatoms. The number of carboxylic acids is 1. The standard InChI is InChI=1S/C33H34ClF2N3O4S2.C2HF3O2/c34-30-14-13-29(44-30)21-5-9-24(10-6-21)33(35,36)31(32(40)39-17-15-25(37)16-18-39)38-45(41,42)28-12-8-22-19-27(11-7-23(22)20-28)43-26-3-1-2-4-26;3-2(4,5)1(6)7/h5-14,19-20,25-26,31,38H,1-4,15-18,37H2;(H,6,7). The normalized spacial score (nSPS) is 16.7. The Bertz CT molecular complexity index is 2000. The number of piperidine rings is 1. The van der Waals surface area contributed by atoms with Crippen molar-refractivity contribution in [1.29, 1.82) is 0 Å². The van der Waals surface area contributed by atoms with Crippen molar-refractivity contribution in [2.75, 3.05) is 13.1 Å². The summed E-state index contributed by atoms with van der Waals surface area (Å²) in [5, 5.41) is 8.47. The van der Waals surface area contributed by atoms with E-state index >= 15 is 8.78 Å². The highest BCUT2D eigenvalue weighted by atomic mass is 35.5. The summed E-state index contributed by atoms with van der Waals surface area (Å²) in [7, 11) is -4.56. The maximum Gasteiger partial charge on any atom is 0.490 e. The molecule has 2 fully saturated rings. The number of likely N-dealkylation sites (tertiary alicyclic amines) is 1. The number of sulfonamides is 1. The Morgan fingerprint density at radius 1 is 0.904 bits per heavy atom. The second kappa shape index (κ2) is 16.0. The quantitative estimate of drug-likeness (QED) is 0.149. The molecular weight excluding hydrogens is 753 g/mol. The second-order valence-corrected chi connectivity index (χ2v) is 15.9. The van der Waals surface area contributed by atoms with Crippen LogP contribution in [0, 0.1) is 0 Å². The smallest absolute Gasteiger partial charge is 0.490 e. The molecule has 0 radical (unpaired) electrons. The minimum absolute atomic E-state index is 0.148. The molecule has 4 aromatic rings. The molecule has 2 heterocycles. The number of rotatable bonds is 9. The number of hydrogen-bond acceptors (Lipinski definition) is 7. The van der Waals surface area contributed by atoms with Crippen LogP contribution in [0.25, 0.3) is 21.2 Å². The van der Waals surface area contributed by atoms with Crippen LogP contribution in [-0.2, 0) is 25.5 Å². The highest BCUT2D eigenvalue weighted by Gasteiger charge is 2.50. The van der Waals surface area contributed by atoms with Gasteiger partial charge in [0.2, 0.25) is 15.9 Å². The fraction of sp³-hybridized carbons (Fsp3) is 0.371. The zero-order valence-electron chi connectivity index (χ0n) is 27.4. The number of amides is 1.